The predicted octanol–water partition coefficient (Wildman–Crippen LogP) is 1.67. The first kappa shape index (κ1) is 11.1. The van der Waals surface area contributed by atoms with Gasteiger partial charge in [0.25, 0.3) is 0 Å². The van der Waals surface area contributed by atoms with Gasteiger partial charge in [0.15, 0.2) is 0 Å². The van der Waals surface area contributed by atoms with E-state index in [1.165, 1.54) is 12.1 Å². The van der Waals surface area contributed by atoms with Crippen molar-refractivity contribution in [2.45, 2.75) is 25.3 Å². The highest BCUT2D eigenvalue weighted by molar-refractivity contribution is 5.96. The van der Waals surface area contributed by atoms with Crippen LogP contribution >= 0.6 is 0 Å². The largest absolute Gasteiger partial charge is 0.330 e. The fourth-order valence-electron chi connectivity index (χ4n) is 2.19. The van der Waals surface area contributed by atoms with Crippen LogP contribution in [0.1, 0.15) is 19.3 Å². The lowest BCUT2D eigenvalue weighted by atomic mass is 10.1. The lowest BCUT2D eigenvalue weighted by Crippen LogP contribution is -2.34. The van der Waals surface area contributed by atoms with Gasteiger partial charge in [-0.2, -0.15) is 0 Å². The molecule has 1 aromatic carbocycles. The molecule has 2 N–H and O–H groups in total. The van der Waals surface area contributed by atoms with Gasteiger partial charge in [-0.15, -0.1) is 0 Å². The first-order valence-corrected chi connectivity index (χ1v) is 5.50. The molecule has 1 atom stereocenters. The fraction of sp³-hybridized carbons (Fsp3) is 0.417. The number of carbonyl (C=O) groups excluding carboxylic acids is 1. The van der Waals surface area contributed by atoms with Crippen LogP contribution in [-0.4, -0.2) is 18.5 Å². The Morgan fingerprint density at radius 1 is 1.50 bits per heavy atom. The second kappa shape index (κ2) is 4.61. The van der Waals surface area contributed by atoms with Gasteiger partial charge in [-0.05, 0) is 37.6 Å². The molecular formula is C12H15FN2O. The maximum Gasteiger partial charge on any atom is 0.227 e. The molecule has 1 aliphatic rings. The lowest BCUT2D eigenvalue weighted by Gasteiger charge is -2.24. The summed E-state index contributed by atoms with van der Waals surface area (Å²) in [5.74, 6) is -0.257. The molecular weight excluding hydrogens is 207 g/mol. The van der Waals surface area contributed by atoms with Gasteiger partial charge in [-0.25, -0.2) is 4.39 Å². The van der Waals surface area contributed by atoms with Crippen LogP contribution in [0.5, 0.6) is 0 Å². The summed E-state index contributed by atoms with van der Waals surface area (Å²) >= 11 is 0. The van der Waals surface area contributed by atoms with Gasteiger partial charge in [0.05, 0.1) is 0 Å². The molecule has 1 saturated heterocycles. The predicted molar refractivity (Wildman–Crippen MR) is 60.6 cm³/mol. The van der Waals surface area contributed by atoms with Crippen molar-refractivity contribution in [1.29, 1.82) is 0 Å². The zero-order valence-corrected chi connectivity index (χ0v) is 9.03. The van der Waals surface area contributed by atoms with E-state index < -0.39 is 0 Å². The van der Waals surface area contributed by atoms with E-state index in [9.17, 15) is 9.18 Å². The summed E-state index contributed by atoms with van der Waals surface area (Å²) in [4.78, 5) is 13.4. The quantitative estimate of drug-likeness (QED) is 0.845. The van der Waals surface area contributed by atoms with Gasteiger partial charge in [0, 0.05) is 18.2 Å². The Hall–Kier alpha value is -1.42. The minimum atomic E-state index is -0.316. The van der Waals surface area contributed by atoms with Crippen LogP contribution in [0.4, 0.5) is 10.1 Å². The minimum absolute atomic E-state index is 0.0593. The molecule has 1 aliphatic heterocycles. The Labute approximate surface area is 94.0 Å². The van der Waals surface area contributed by atoms with Gasteiger partial charge in [-0.1, -0.05) is 6.07 Å². The van der Waals surface area contributed by atoms with Crippen molar-refractivity contribution in [2.75, 3.05) is 11.4 Å². The molecule has 1 aromatic rings. The van der Waals surface area contributed by atoms with Crippen molar-refractivity contribution in [2.24, 2.45) is 5.73 Å². The Bertz CT molecular complexity index is 394. The van der Waals surface area contributed by atoms with Gasteiger partial charge < -0.3 is 10.6 Å². The number of nitrogens with two attached hydrogens (primary N) is 1. The average molecular weight is 222 g/mol. The monoisotopic (exact) mass is 222 g/mol. The lowest BCUT2D eigenvalue weighted by molar-refractivity contribution is -0.117. The Morgan fingerprint density at radius 2 is 2.31 bits per heavy atom. The first-order valence-electron chi connectivity index (χ1n) is 5.50. The topological polar surface area (TPSA) is 46.3 Å². The summed E-state index contributed by atoms with van der Waals surface area (Å²) in [5, 5.41) is 0. The number of carbonyl (C=O) groups is 1. The maximum absolute atomic E-state index is 13.1. The van der Waals surface area contributed by atoms with E-state index in [-0.39, 0.29) is 17.8 Å². The number of hydrogen-bond acceptors (Lipinski definition) is 2. The van der Waals surface area contributed by atoms with Crippen LogP contribution in [0.15, 0.2) is 24.3 Å². The van der Waals surface area contributed by atoms with E-state index in [2.05, 4.69) is 0 Å². The maximum atomic E-state index is 13.1. The van der Waals surface area contributed by atoms with E-state index in [1.807, 2.05) is 0 Å². The number of nitrogens with zero attached hydrogens (tertiary/aromatic N) is 1. The minimum Gasteiger partial charge on any atom is -0.330 e. The SMILES string of the molecule is NCCC1CCC(=O)N1c1cccc(F)c1. The van der Waals surface area contributed by atoms with Crippen LogP contribution in [0.2, 0.25) is 0 Å². The molecule has 0 radical (unpaired) electrons. The molecule has 0 aromatic heterocycles. The standard InChI is InChI=1S/C12H15FN2O/c13-9-2-1-3-11(8-9)15-10(6-7-14)4-5-12(15)16/h1-3,8,10H,4-7,14H2. The summed E-state index contributed by atoms with van der Waals surface area (Å²) in [6.45, 7) is 0.545. The van der Waals surface area contributed by atoms with E-state index in [0.717, 1.165) is 12.8 Å². The molecule has 1 fully saturated rings. The van der Waals surface area contributed by atoms with Crippen molar-refractivity contribution in [3.05, 3.63) is 30.1 Å². The number of hydrogen-bond donors (Lipinski definition) is 1. The average Bonchev–Trinajstić information content (AvgIpc) is 2.60. The highest BCUT2D eigenvalue weighted by Gasteiger charge is 2.31. The van der Waals surface area contributed by atoms with Crippen LogP contribution in [0.25, 0.3) is 0 Å². The third-order valence-corrected chi connectivity index (χ3v) is 2.91. The van der Waals surface area contributed by atoms with Gasteiger partial charge >= 0.3 is 0 Å². The van der Waals surface area contributed by atoms with Crippen LogP contribution in [0, 0.1) is 5.82 Å². The van der Waals surface area contributed by atoms with Gasteiger partial charge in [-0.3, -0.25) is 4.79 Å². The van der Waals surface area contributed by atoms with Crippen molar-refractivity contribution < 1.29 is 9.18 Å². The normalized spacial score (nSPS) is 20.5. The van der Waals surface area contributed by atoms with Crippen LogP contribution < -0.4 is 10.6 Å². The zero-order chi connectivity index (χ0) is 11.5. The first-order chi connectivity index (χ1) is 7.72. The number of amides is 1. The third-order valence-electron chi connectivity index (χ3n) is 2.91. The molecule has 3 nitrogen and oxygen atoms in total. The Balaban J connectivity index is 2.26. The second-order valence-corrected chi connectivity index (χ2v) is 4.01. The highest BCUT2D eigenvalue weighted by atomic mass is 19.1. The molecule has 0 aliphatic carbocycles. The summed E-state index contributed by atoms with van der Waals surface area (Å²) in [6, 6.07) is 6.28. The number of halogens is 1. The highest BCUT2D eigenvalue weighted by Crippen LogP contribution is 2.28. The van der Waals surface area contributed by atoms with Gasteiger partial charge in [0.1, 0.15) is 5.82 Å². The Kier molecular flexibility index (Phi) is 3.19. The molecule has 0 saturated carbocycles. The molecule has 86 valence electrons. The van der Waals surface area contributed by atoms with E-state index in [4.69, 9.17) is 5.73 Å². The fourth-order valence-corrected chi connectivity index (χ4v) is 2.19. The number of benzene rings is 1. The molecule has 4 heteroatoms. The van der Waals surface area contributed by atoms with Crippen LogP contribution in [0.3, 0.4) is 0 Å². The molecule has 1 heterocycles. The molecule has 16 heavy (non-hydrogen) atoms. The van der Waals surface area contributed by atoms with E-state index >= 15 is 0 Å². The molecule has 1 unspecified atom stereocenters. The van der Waals surface area contributed by atoms with Crippen molar-refractivity contribution >= 4 is 11.6 Å². The summed E-state index contributed by atoms with van der Waals surface area (Å²) in [5.41, 5.74) is 6.15. The van der Waals surface area contributed by atoms with Crippen molar-refractivity contribution in [1.82, 2.24) is 0 Å². The zero-order valence-electron chi connectivity index (χ0n) is 9.03. The summed E-state index contributed by atoms with van der Waals surface area (Å²) < 4.78 is 13.1. The van der Waals surface area contributed by atoms with Crippen molar-refractivity contribution in [3.8, 4) is 0 Å². The molecule has 2 rings (SSSR count). The molecule has 0 spiro atoms. The third kappa shape index (κ3) is 2.07. The number of rotatable bonds is 3. The Morgan fingerprint density at radius 3 is 3.00 bits per heavy atom. The smallest absolute Gasteiger partial charge is 0.227 e. The summed E-state index contributed by atoms with van der Waals surface area (Å²) in [7, 11) is 0. The van der Waals surface area contributed by atoms with E-state index in [1.54, 1.807) is 17.0 Å². The number of anilines is 1. The van der Waals surface area contributed by atoms with Crippen LogP contribution in [-0.2, 0) is 4.79 Å². The van der Waals surface area contributed by atoms with Crippen molar-refractivity contribution in [3.63, 3.8) is 0 Å². The van der Waals surface area contributed by atoms with E-state index in [0.29, 0.717) is 18.7 Å². The summed E-state index contributed by atoms with van der Waals surface area (Å²) in [6.07, 6.45) is 2.11. The second-order valence-electron chi connectivity index (χ2n) is 4.01. The molecule has 0 bridgehead atoms. The molecule has 1 amide bonds. The van der Waals surface area contributed by atoms with Gasteiger partial charge in [0.2, 0.25) is 5.91 Å².